The van der Waals surface area contributed by atoms with Crippen LogP contribution in [0.1, 0.15) is 34.8 Å². The average Bonchev–Trinajstić information content (AvgIpc) is 2.98. The molecule has 1 unspecified atom stereocenters. The lowest BCUT2D eigenvalue weighted by Crippen LogP contribution is -2.39. The fraction of sp³-hybridized carbons (Fsp3) is 0.375. The van der Waals surface area contributed by atoms with Gasteiger partial charge in [-0.1, -0.05) is 5.16 Å². The highest BCUT2D eigenvalue weighted by Crippen LogP contribution is 2.30. The lowest BCUT2D eigenvalue weighted by Gasteiger charge is -2.18. The molecule has 1 aromatic carbocycles. The minimum Gasteiger partial charge on any atom is -0.383 e. The number of nitrogens with zero attached hydrogens (tertiary/aromatic N) is 1. The molecule has 8 heteroatoms. The first-order chi connectivity index (χ1) is 11.6. The van der Waals surface area contributed by atoms with Gasteiger partial charge in [-0.25, -0.2) is 0 Å². The molecule has 2 aromatic rings. The van der Waals surface area contributed by atoms with Gasteiger partial charge in [0.05, 0.1) is 12.5 Å². The van der Waals surface area contributed by atoms with Gasteiger partial charge in [-0.15, -0.1) is 0 Å². The second kappa shape index (κ2) is 6.79. The quantitative estimate of drug-likeness (QED) is 0.617. The van der Waals surface area contributed by atoms with E-state index in [1.165, 1.54) is 0 Å². The molecular formula is C16H17N3O5. The molecule has 0 bridgehead atoms. The Labute approximate surface area is 137 Å². The molecule has 0 radical (unpaired) electrons. The van der Waals surface area contributed by atoms with E-state index >= 15 is 0 Å². The van der Waals surface area contributed by atoms with E-state index in [0.717, 1.165) is 0 Å². The summed E-state index contributed by atoms with van der Waals surface area (Å²) in [7, 11) is 1.56. The van der Waals surface area contributed by atoms with E-state index < -0.39 is 11.8 Å². The molecule has 0 saturated carbocycles. The third-order valence-electron chi connectivity index (χ3n) is 3.92. The first kappa shape index (κ1) is 16.1. The van der Waals surface area contributed by atoms with Gasteiger partial charge in [-0.2, -0.15) is 0 Å². The number of rotatable bonds is 5. The molecule has 1 atom stereocenters. The number of benzene rings is 1. The Morgan fingerprint density at radius 2 is 2.29 bits per heavy atom. The summed E-state index contributed by atoms with van der Waals surface area (Å²) < 4.78 is 10.1. The van der Waals surface area contributed by atoms with E-state index in [-0.39, 0.29) is 18.2 Å². The van der Waals surface area contributed by atoms with Crippen LogP contribution in [0.3, 0.4) is 0 Å². The van der Waals surface area contributed by atoms with Crippen molar-refractivity contribution in [3.8, 4) is 0 Å². The van der Waals surface area contributed by atoms with Crippen LogP contribution in [0.2, 0.25) is 0 Å². The number of fused-ring (bicyclic) bond motifs is 1. The van der Waals surface area contributed by atoms with Crippen molar-refractivity contribution in [2.45, 2.75) is 18.8 Å². The molecule has 8 nitrogen and oxygen atoms in total. The van der Waals surface area contributed by atoms with Crippen LogP contribution in [0.5, 0.6) is 0 Å². The summed E-state index contributed by atoms with van der Waals surface area (Å²) in [5, 5.41) is 9.61. The zero-order valence-electron chi connectivity index (χ0n) is 13.1. The predicted octanol–water partition coefficient (Wildman–Crippen LogP) is 0.724. The number of methoxy groups -OCH3 is 1. The van der Waals surface area contributed by atoms with E-state index in [4.69, 9.17) is 9.26 Å². The summed E-state index contributed by atoms with van der Waals surface area (Å²) in [4.78, 5) is 35.5. The molecule has 126 valence electrons. The zero-order chi connectivity index (χ0) is 17.1. The summed E-state index contributed by atoms with van der Waals surface area (Å²) in [6.07, 6.45) is 0.624. The molecule has 3 rings (SSSR count). The Hall–Kier alpha value is -2.74. The van der Waals surface area contributed by atoms with Crippen LogP contribution < -0.4 is 10.6 Å². The maximum atomic E-state index is 12.1. The van der Waals surface area contributed by atoms with Crippen molar-refractivity contribution < 1.29 is 23.6 Å². The normalized spacial score (nSPS) is 17.8. The largest absolute Gasteiger partial charge is 0.383 e. The molecule has 1 saturated heterocycles. The number of carbonyl (C=O) groups excluding carboxylic acids is 3. The highest BCUT2D eigenvalue weighted by molar-refractivity contribution is 6.03. The maximum Gasteiger partial charge on any atom is 0.251 e. The lowest BCUT2D eigenvalue weighted by atomic mass is 9.92. The van der Waals surface area contributed by atoms with Gasteiger partial charge in [0.2, 0.25) is 11.8 Å². The van der Waals surface area contributed by atoms with Crippen molar-refractivity contribution >= 4 is 28.7 Å². The first-order valence-electron chi connectivity index (χ1n) is 7.60. The van der Waals surface area contributed by atoms with Gasteiger partial charge in [0.15, 0.2) is 5.58 Å². The highest BCUT2D eigenvalue weighted by atomic mass is 16.5. The van der Waals surface area contributed by atoms with Crippen molar-refractivity contribution in [1.29, 1.82) is 0 Å². The maximum absolute atomic E-state index is 12.1. The van der Waals surface area contributed by atoms with Gasteiger partial charge in [-0.05, 0) is 24.6 Å². The third-order valence-corrected chi connectivity index (χ3v) is 3.92. The second-order valence-electron chi connectivity index (χ2n) is 5.53. The number of amides is 3. The molecule has 0 aliphatic carbocycles. The Bertz CT molecular complexity index is 798. The topological polar surface area (TPSA) is 111 Å². The summed E-state index contributed by atoms with van der Waals surface area (Å²) >= 11 is 0. The van der Waals surface area contributed by atoms with Crippen LogP contribution in [0.15, 0.2) is 22.7 Å². The smallest absolute Gasteiger partial charge is 0.251 e. The molecule has 1 fully saturated rings. The van der Waals surface area contributed by atoms with Gasteiger partial charge in [0.25, 0.3) is 5.91 Å². The fourth-order valence-electron chi connectivity index (χ4n) is 2.67. The lowest BCUT2D eigenvalue weighted by molar-refractivity contribution is -0.134. The number of hydrogen-bond acceptors (Lipinski definition) is 6. The molecule has 0 spiro atoms. The monoisotopic (exact) mass is 331 g/mol. The van der Waals surface area contributed by atoms with Crippen molar-refractivity contribution in [1.82, 2.24) is 15.8 Å². The van der Waals surface area contributed by atoms with Gasteiger partial charge in [-0.3, -0.25) is 19.7 Å². The minimum atomic E-state index is -0.559. The van der Waals surface area contributed by atoms with E-state index in [1.807, 2.05) is 0 Å². The number of ether oxygens (including phenoxy) is 1. The highest BCUT2D eigenvalue weighted by Gasteiger charge is 2.32. The number of piperidine rings is 1. The number of imide groups is 1. The standard InChI is InChI=1S/C16H17N3O5/c1-23-7-6-17-15(21)9-2-4-12-11(8-9)14(19-24-12)10-3-5-13(20)18-16(10)22/h2,4,8,10H,3,5-7H2,1H3,(H,17,21)(H,18,20,22). The SMILES string of the molecule is COCCNC(=O)c1ccc2onc(C3CCC(=O)NC3=O)c2c1. The van der Waals surface area contributed by atoms with Crippen LogP contribution in [-0.4, -0.2) is 43.1 Å². The van der Waals surface area contributed by atoms with E-state index in [1.54, 1.807) is 25.3 Å². The van der Waals surface area contributed by atoms with Gasteiger partial charge < -0.3 is 14.6 Å². The minimum absolute atomic E-state index is 0.246. The Kier molecular flexibility index (Phi) is 4.57. The van der Waals surface area contributed by atoms with Gasteiger partial charge >= 0.3 is 0 Å². The third kappa shape index (κ3) is 3.13. The molecule has 3 amide bonds. The molecular weight excluding hydrogens is 314 g/mol. The fourth-order valence-corrected chi connectivity index (χ4v) is 2.67. The molecule has 2 heterocycles. The Morgan fingerprint density at radius 3 is 3.04 bits per heavy atom. The van der Waals surface area contributed by atoms with Crippen molar-refractivity contribution in [3.63, 3.8) is 0 Å². The molecule has 1 aliphatic rings. The molecule has 1 aromatic heterocycles. The number of carbonyl (C=O) groups is 3. The van der Waals surface area contributed by atoms with Crippen molar-refractivity contribution in [3.05, 3.63) is 29.5 Å². The van der Waals surface area contributed by atoms with Crippen molar-refractivity contribution in [2.24, 2.45) is 0 Å². The van der Waals surface area contributed by atoms with Crippen LogP contribution >= 0.6 is 0 Å². The Morgan fingerprint density at radius 1 is 1.46 bits per heavy atom. The predicted molar refractivity (Wildman–Crippen MR) is 83.3 cm³/mol. The number of nitrogens with one attached hydrogen (secondary N) is 2. The van der Waals surface area contributed by atoms with Gasteiger partial charge in [0.1, 0.15) is 5.69 Å². The van der Waals surface area contributed by atoms with Crippen LogP contribution in [0.4, 0.5) is 0 Å². The molecule has 24 heavy (non-hydrogen) atoms. The first-order valence-corrected chi connectivity index (χ1v) is 7.60. The van der Waals surface area contributed by atoms with E-state index in [9.17, 15) is 14.4 Å². The zero-order valence-corrected chi connectivity index (χ0v) is 13.1. The van der Waals surface area contributed by atoms with E-state index in [0.29, 0.717) is 41.8 Å². The van der Waals surface area contributed by atoms with E-state index in [2.05, 4.69) is 15.8 Å². The summed E-state index contributed by atoms with van der Waals surface area (Å²) in [6, 6.07) is 4.92. The summed E-state index contributed by atoms with van der Waals surface area (Å²) in [5.74, 6) is -1.49. The van der Waals surface area contributed by atoms with Crippen molar-refractivity contribution in [2.75, 3.05) is 20.3 Å². The average molecular weight is 331 g/mol. The molecule has 2 N–H and O–H groups in total. The number of aromatic nitrogens is 1. The summed E-state index contributed by atoms with van der Waals surface area (Å²) in [5.41, 5.74) is 1.38. The molecule has 1 aliphatic heterocycles. The second-order valence-corrected chi connectivity index (χ2v) is 5.53. The van der Waals surface area contributed by atoms with Crippen LogP contribution in [0.25, 0.3) is 11.0 Å². The van der Waals surface area contributed by atoms with Crippen LogP contribution in [0, 0.1) is 0 Å². The Balaban J connectivity index is 1.87. The number of hydrogen-bond donors (Lipinski definition) is 2. The summed E-state index contributed by atoms with van der Waals surface area (Å²) in [6.45, 7) is 0.819. The van der Waals surface area contributed by atoms with Crippen LogP contribution in [-0.2, 0) is 14.3 Å². The van der Waals surface area contributed by atoms with Gasteiger partial charge in [0, 0.05) is 31.0 Å².